The summed E-state index contributed by atoms with van der Waals surface area (Å²) in [7, 11) is -4.78. The van der Waals surface area contributed by atoms with E-state index in [9.17, 15) is 26.8 Å². The van der Waals surface area contributed by atoms with Crippen molar-refractivity contribution < 1.29 is 35.9 Å². The highest BCUT2D eigenvalue weighted by molar-refractivity contribution is 7.91. The lowest BCUT2D eigenvalue weighted by atomic mass is 10.1. The van der Waals surface area contributed by atoms with Gasteiger partial charge in [0, 0.05) is 6.42 Å². The molecule has 172 valence electrons. The van der Waals surface area contributed by atoms with E-state index < -0.39 is 45.0 Å². The predicted molar refractivity (Wildman–Crippen MR) is 114 cm³/mol. The minimum absolute atomic E-state index is 0.0946. The first kappa shape index (κ1) is 22.8. The van der Waals surface area contributed by atoms with Crippen molar-refractivity contribution in [1.82, 2.24) is 5.01 Å². The second kappa shape index (κ2) is 9.24. The number of carbonyl (C=O) groups is 2. The number of esters is 1. The van der Waals surface area contributed by atoms with Crippen molar-refractivity contribution >= 4 is 38.8 Å². The van der Waals surface area contributed by atoms with E-state index in [0.717, 1.165) is 29.1 Å². The molecule has 0 aliphatic carbocycles. The summed E-state index contributed by atoms with van der Waals surface area (Å²) in [5.41, 5.74) is 0.602. The fourth-order valence-electron chi connectivity index (χ4n) is 3.19. The molecule has 1 amide bonds. The van der Waals surface area contributed by atoms with Gasteiger partial charge in [-0.05, 0) is 47.8 Å². The summed E-state index contributed by atoms with van der Waals surface area (Å²) >= 11 is 1.48. The minimum Gasteiger partial charge on any atom is -0.467 e. The zero-order valence-corrected chi connectivity index (χ0v) is 18.4. The van der Waals surface area contributed by atoms with Gasteiger partial charge in [0.1, 0.15) is 11.8 Å². The molecule has 2 aromatic heterocycles. The number of alkyl halides is 2. The fraction of sp³-hybridized carbons (Fsp3) is 0.190. The van der Waals surface area contributed by atoms with Crippen LogP contribution in [0.5, 0.6) is 0 Å². The highest BCUT2D eigenvalue weighted by Crippen LogP contribution is 2.34. The molecule has 3 aromatic rings. The van der Waals surface area contributed by atoms with Crippen LogP contribution < -0.4 is 0 Å². The molecule has 0 radical (unpaired) electrons. The third-order valence-corrected chi connectivity index (χ3v) is 7.14. The van der Waals surface area contributed by atoms with Crippen molar-refractivity contribution in [1.29, 1.82) is 0 Å². The Kier molecular flexibility index (Phi) is 6.38. The smallest absolute Gasteiger partial charge is 0.341 e. The number of sulfone groups is 1. The van der Waals surface area contributed by atoms with E-state index in [1.54, 1.807) is 12.1 Å². The Balaban J connectivity index is 1.45. The molecule has 0 N–H and O–H groups in total. The summed E-state index contributed by atoms with van der Waals surface area (Å²) in [6.45, 7) is -0.631. The van der Waals surface area contributed by atoms with Crippen molar-refractivity contribution in [3.05, 3.63) is 76.4 Å². The molecule has 1 aliphatic rings. The quantitative estimate of drug-likeness (QED) is 0.462. The molecule has 8 nitrogen and oxygen atoms in total. The third-order valence-electron chi connectivity index (χ3n) is 4.82. The lowest BCUT2D eigenvalue weighted by molar-refractivity contribution is -0.136. The normalized spacial score (nSPS) is 16.2. The molecule has 33 heavy (non-hydrogen) atoms. The van der Waals surface area contributed by atoms with Crippen LogP contribution in [0.15, 0.2) is 74.6 Å². The van der Waals surface area contributed by atoms with Crippen LogP contribution in [0.4, 0.5) is 8.78 Å². The van der Waals surface area contributed by atoms with Gasteiger partial charge in [-0.25, -0.2) is 18.2 Å². The van der Waals surface area contributed by atoms with Crippen LogP contribution in [0.25, 0.3) is 0 Å². The first-order chi connectivity index (χ1) is 15.8. The molecule has 0 fully saturated rings. The average molecular weight is 494 g/mol. The Morgan fingerprint density at radius 1 is 1.18 bits per heavy atom. The van der Waals surface area contributed by atoms with E-state index in [1.165, 1.54) is 22.6 Å². The Morgan fingerprint density at radius 2 is 1.94 bits per heavy atom. The Labute approximate surface area is 191 Å². The largest absolute Gasteiger partial charge is 0.467 e. The standard InChI is InChI=1S/C21H16F2N2O6S2/c22-21(23)33(28,29)14-7-5-13(6-8-14)20(27)31-12-19(26)25-16(17-3-1-9-30-17)11-15(24-25)18-4-2-10-32-18/h1-10,16,21H,11-12H2/t16-/m1/s1. The molecular formula is C21H16F2N2O6S2. The first-order valence-corrected chi connectivity index (χ1v) is 12.0. The topological polar surface area (TPSA) is 106 Å². The lowest BCUT2D eigenvalue weighted by Gasteiger charge is -2.19. The van der Waals surface area contributed by atoms with Gasteiger partial charge in [-0.15, -0.1) is 11.3 Å². The van der Waals surface area contributed by atoms with Gasteiger partial charge < -0.3 is 9.15 Å². The molecule has 0 bridgehead atoms. The zero-order valence-electron chi connectivity index (χ0n) is 16.8. The van der Waals surface area contributed by atoms with Crippen molar-refractivity contribution in [2.75, 3.05) is 6.61 Å². The van der Waals surface area contributed by atoms with Crippen molar-refractivity contribution in [3.8, 4) is 0 Å². The predicted octanol–water partition coefficient (Wildman–Crippen LogP) is 3.87. The van der Waals surface area contributed by atoms with Gasteiger partial charge in [0.2, 0.25) is 9.84 Å². The van der Waals surface area contributed by atoms with Crippen molar-refractivity contribution in [2.45, 2.75) is 23.1 Å². The van der Waals surface area contributed by atoms with Crippen LogP contribution in [0, 0.1) is 0 Å². The number of hydrazone groups is 1. The zero-order chi connectivity index (χ0) is 23.6. The molecular weight excluding hydrogens is 478 g/mol. The third kappa shape index (κ3) is 4.71. The Hall–Kier alpha value is -3.38. The number of carbonyl (C=O) groups excluding carboxylic acids is 2. The van der Waals surface area contributed by atoms with E-state index in [4.69, 9.17) is 9.15 Å². The number of hydrogen-bond acceptors (Lipinski definition) is 8. The molecule has 0 saturated carbocycles. The Morgan fingerprint density at radius 3 is 2.55 bits per heavy atom. The number of rotatable bonds is 7. The summed E-state index contributed by atoms with van der Waals surface area (Å²) in [5, 5.41) is 7.50. The van der Waals surface area contributed by atoms with Gasteiger partial charge in [-0.2, -0.15) is 13.9 Å². The maximum atomic E-state index is 12.8. The van der Waals surface area contributed by atoms with E-state index in [-0.39, 0.29) is 5.56 Å². The highest BCUT2D eigenvalue weighted by atomic mass is 32.2. The number of halogens is 2. The maximum Gasteiger partial charge on any atom is 0.341 e. The fourth-order valence-corrected chi connectivity index (χ4v) is 4.64. The summed E-state index contributed by atoms with van der Waals surface area (Å²) in [5.74, 6) is -4.55. The van der Waals surface area contributed by atoms with Crippen molar-refractivity contribution in [3.63, 3.8) is 0 Å². The highest BCUT2D eigenvalue weighted by Gasteiger charge is 2.35. The van der Waals surface area contributed by atoms with E-state index >= 15 is 0 Å². The number of hydrogen-bond donors (Lipinski definition) is 0. The van der Waals surface area contributed by atoms with Crippen LogP contribution in [-0.2, 0) is 19.4 Å². The van der Waals surface area contributed by atoms with Crippen LogP contribution >= 0.6 is 11.3 Å². The van der Waals surface area contributed by atoms with E-state index in [0.29, 0.717) is 17.9 Å². The summed E-state index contributed by atoms with van der Waals surface area (Å²) < 4.78 is 58.7. The van der Waals surface area contributed by atoms with Gasteiger partial charge in [0.25, 0.3) is 5.91 Å². The molecule has 4 rings (SSSR count). The first-order valence-electron chi connectivity index (χ1n) is 9.53. The molecule has 12 heteroatoms. The molecule has 1 aliphatic heterocycles. The minimum atomic E-state index is -4.78. The molecule has 1 aromatic carbocycles. The van der Waals surface area contributed by atoms with Gasteiger partial charge >= 0.3 is 11.7 Å². The van der Waals surface area contributed by atoms with Crippen LogP contribution in [-0.4, -0.2) is 43.4 Å². The Bertz CT molecular complexity index is 1270. The van der Waals surface area contributed by atoms with E-state index in [2.05, 4.69) is 5.10 Å². The van der Waals surface area contributed by atoms with Crippen LogP contribution in [0.3, 0.4) is 0 Å². The number of nitrogens with zero attached hydrogens (tertiary/aromatic N) is 2. The van der Waals surface area contributed by atoms with Crippen molar-refractivity contribution in [2.24, 2.45) is 5.10 Å². The van der Waals surface area contributed by atoms with Gasteiger partial charge in [-0.1, -0.05) is 6.07 Å². The van der Waals surface area contributed by atoms with Gasteiger partial charge in [0.15, 0.2) is 6.61 Å². The van der Waals surface area contributed by atoms with E-state index in [1.807, 2.05) is 17.5 Å². The SMILES string of the molecule is O=C(OCC(=O)N1N=C(c2cccs2)C[C@@H]1c1ccco1)c1ccc(S(=O)(=O)C(F)F)cc1. The number of furan rings is 1. The van der Waals surface area contributed by atoms with Gasteiger partial charge in [-0.3, -0.25) is 4.79 Å². The lowest BCUT2D eigenvalue weighted by Crippen LogP contribution is -2.31. The van der Waals surface area contributed by atoms with Crippen LogP contribution in [0.1, 0.15) is 33.5 Å². The number of benzene rings is 1. The molecule has 3 heterocycles. The molecule has 1 atom stereocenters. The second-order valence-corrected chi connectivity index (χ2v) is 9.77. The van der Waals surface area contributed by atoms with Crippen LogP contribution in [0.2, 0.25) is 0 Å². The molecule has 0 unspecified atom stereocenters. The maximum absolute atomic E-state index is 12.8. The summed E-state index contributed by atoms with van der Waals surface area (Å²) in [6.07, 6.45) is 1.91. The summed E-state index contributed by atoms with van der Waals surface area (Å²) in [6, 6.07) is 10.5. The van der Waals surface area contributed by atoms with Gasteiger partial charge in [0.05, 0.1) is 27.3 Å². The number of thiophene rings is 1. The molecule has 0 spiro atoms. The monoisotopic (exact) mass is 494 g/mol. The second-order valence-electron chi connectivity index (χ2n) is 6.90. The summed E-state index contributed by atoms with van der Waals surface area (Å²) in [4.78, 5) is 25.4. The number of amides is 1. The molecule has 0 saturated heterocycles. The average Bonchev–Trinajstić information content (AvgIpc) is 3.57. The number of ether oxygens (including phenoxy) is 1.